The molecule has 0 saturated carbocycles. The summed E-state index contributed by atoms with van der Waals surface area (Å²) >= 11 is 0. The number of carbonyl (C=O) groups excluding carboxylic acids is 1. The molecular formula is C38H38IrNO4-. The van der Waals surface area contributed by atoms with Gasteiger partial charge in [-0.3, -0.25) is 9.78 Å². The van der Waals surface area contributed by atoms with Gasteiger partial charge in [-0.15, -0.1) is 18.2 Å². The van der Waals surface area contributed by atoms with Gasteiger partial charge in [0.25, 0.3) is 0 Å². The number of benzene rings is 3. The quantitative estimate of drug-likeness (QED) is 0.110. The van der Waals surface area contributed by atoms with E-state index in [9.17, 15) is 4.79 Å². The van der Waals surface area contributed by atoms with Crippen molar-refractivity contribution in [2.45, 2.75) is 66.2 Å². The maximum absolute atomic E-state index is 10.0. The van der Waals surface area contributed by atoms with Crippen LogP contribution in [0.15, 0.2) is 93.5 Å². The number of allylic oxidation sites excluding steroid dienone is 2. The van der Waals surface area contributed by atoms with E-state index in [2.05, 4.69) is 84.0 Å². The summed E-state index contributed by atoms with van der Waals surface area (Å²) in [4.78, 5) is 14.9. The summed E-state index contributed by atoms with van der Waals surface area (Å²) in [5, 5.41) is 11.5. The molecule has 6 rings (SSSR count). The third kappa shape index (κ3) is 7.04. The van der Waals surface area contributed by atoms with Crippen LogP contribution in [0.1, 0.15) is 66.5 Å². The Bertz CT molecular complexity index is 1960. The van der Waals surface area contributed by atoms with Gasteiger partial charge in [-0.2, -0.15) is 0 Å². The zero-order valence-corrected chi connectivity index (χ0v) is 28.9. The van der Waals surface area contributed by atoms with Crippen molar-refractivity contribution in [2.24, 2.45) is 0 Å². The first kappa shape index (κ1) is 32.9. The van der Waals surface area contributed by atoms with Crippen molar-refractivity contribution in [2.75, 3.05) is 0 Å². The van der Waals surface area contributed by atoms with Crippen LogP contribution in [0.4, 0.5) is 0 Å². The second-order valence-electron chi connectivity index (χ2n) is 13.1. The number of hydrogen-bond donors (Lipinski definition) is 1. The molecule has 0 saturated heterocycles. The summed E-state index contributed by atoms with van der Waals surface area (Å²) < 4.78 is 12.6. The molecule has 0 fully saturated rings. The number of fused-ring (bicyclic) bond motifs is 4. The van der Waals surface area contributed by atoms with Crippen LogP contribution in [-0.4, -0.2) is 15.9 Å². The van der Waals surface area contributed by atoms with Crippen molar-refractivity contribution in [3.05, 3.63) is 102 Å². The fraction of sp³-hybridized carbons (Fsp3) is 0.263. The summed E-state index contributed by atoms with van der Waals surface area (Å²) in [6.07, 6.45) is 1.17. The molecule has 5 nitrogen and oxygen atoms in total. The molecule has 6 heteroatoms. The van der Waals surface area contributed by atoms with Gasteiger partial charge in [-0.05, 0) is 65.8 Å². The van der Waals surface area contributed by atoms with Gasteiger partial charge in [-0.25, -0.2) is 0 Å². The first-order chi connectivity index (χ1) is 20.2. The van der Waals surface area contributed by atoms with E-state index >= 15 is 0 Å². The number of aliphatic hydroxyl groups is 1. The molecule has 3 heterocycles. The molecule has 0 atom stereocenters. The second kappa shape index (κ2) is 12.6. The molecule has 0 aliphatic rings. The van der Waals surface area contributed by atoms with E-state index in [1.54, 1.807) is 0 Å². The summed E-state index contributed by atoms with van der Waals surface area (Å²) in [7, 11) is 0. The first-order valence-corrected chi connectivity index (χ1v) is 14.5. The number of furan rings is 2. The Balaban J connectivity index is 0.000000497. The van der Waals surface area contributed by atoms with Crippen LogP contribution in [0.25, 0.3) is 55.6 Å². The van der Waals surface area contributed by atoms with Crippen LogP contribution in [-0.2, 0) is 35.7 Å². The second-order valence-corrected chi connectivity index (χ2v) is 13.1. The Labute approximate surface area is 272 Å². The molecule has 0 amide bonds. The van der Waals surface area contributed by atoms with E-state index in [1.807, 2.05) is 36.4 Å². The Morgan fingerprint density at radius 1 is 0.841 bits per heavy atom. The van der Waals surface area contributed by atoms with Crippen LogP contribution in [0.5, 0.6) is 0 Å². The van der Waals surface area contributed by atoms with E-state index in [1.165, 1.54) is 31.1 Å². The third-order valence-corrected chi connectivity index (χ3v) is 7.34. The number of ketones is 1. The molecule has 3 aromatic carbocycles. The van der Waals surface area contributed by atoms with Gasteiger partial charge in [0.15, 0.2) is 5.78 Å². The molecule has 3 aromatic heterocycles. The predicted octanol–water partition coefficient (Wildman–Crippen LogP) is 10.5. The number of para-hydroxylation sites is 1. The molecule has 0 unspecified atom stereocenters. The van der Waals surface area contributed by atoms with Crippen LogP contribution in [0, 0.1) is 6.07 Å². The van der Waals surface area contributed by atoms with E-state index in [0.717, 1.165) is 49.9 Å². The first-order valence-electron chi connectivity index (χ1n) is 14.5. The van der Waals surface area contributed by atoms with Gasteiger partial charge in [0.05, 0.1) is 11.3 Å². The van der Waals surface area contributed by atoms with E-state index in [-0.39, 0.29) is 42.5 Å². The number of pyridine rings is 1. The zero-order chi connectivity index (χ0) is 31.1. The molecule has 0 bridgehead atoms. The predicted molar refractivity (Wildman–Crippen MR) is 175 cm³/mol. The molecule has 229 valence electrons. The molecular weight excluding hydrogens is 727 g/mol. The minimum absolute atomic E-state index is 0. The monoisotopic (exact) mass is 765 g/mol. The van der Waals surface area contributed by atoms with Crippen LogP contribution in [0.3, 0.4) is 0 Å². The van der Waals surface area contributed by atoms with Gasteiger partial charge >= 0.3 is 0 Å². The largest absolute Gasteiger partial charge is 0.512 e. The molecule has 0 aliphatic heterocycles. The Morgan fingerprint density at radius 3 is 2.09 bits per heavy atom. The normalized spacial score (nSPS) is 12.2. The average Bonchev–Trinajstić information content (AvgIpc) is 3.52. The van der Waals surface area contributed by atoms with Crippen molar-refractivity contribution in [1.82, 2.24) is 4.98 Å². The van der Waals surface area contributed by atoms with Crippen molar-refractivity contribution >= 4 is 38.8 Å². The van der Waals surface area contributed by atoms with Crippen LogP contribution >= 0.6 is 0 Å². The standard InChI is InChI=1S/C33H30NO2.C5H8O2.Ir/c1-32(2,3)22-16-21(17-23(19-22)33(4,5)6)29-18-20-14-15-27(34-31(20)36-29)26-12-9-11-25-24-10-7-8-13-28(24)35-30(25)26;1-4(6)3-5(2)7;/h7-11,13-19H,1-6H3;3,6H,1-2H3;/q-1;;/b;4-3-;. The molecule has 44 heavy (non-hydrogen) atoms. The smallest absolute Gasteiger partial charge is 0.217 e. The number of aliphatic hydroxyl groups excluding tert-OH is 1. The van der Waals surface area contributed by atoms with Crippen LogP contribution < -0.4 is 0 Å². The average molecular weight is 765 g/mol. The third-order valence-electron chi connectivity index (χ3n) is 7.34. The molecule has 1 radical (unpaired) electrons. The number of carbonyl (C=O) groups is 1. The van der Waals surface area contributed by atoms with Crippen molar-refractivity contribution < 1.29 is 38.8 Å². The SMILES string of the molecule is CC(=O)/C=C(/C)O.CC(C)(C)c1cc(-c2cc3ccc(-c4[c-]ccc5c4oc4ccccc45)nc3o2)cc(C(C)(C)C)c1.[Ir]. The van der Waals surface area contributed by atoms with E-state index < -0.39 is 0 Å². The van der Waals surface area contributed by atoms with Gasteiger partial charge in [-0.1, -0.05) is 88.9 Å². The van der Waals surface area contributed by atoms with Crippen molar-refractivity contribution in [3.8, 4) is 22.6 Å². The maximum Gasteiger partial charge on any atom is 0.217 e. The number of hydrogen-bond acceptors (Lipinski definition) is 5. The minimum atomic E-state index is -0.125. The summed E-state index contributed by atoms with van der Waals surface area (Å²) in [5.41, 5.74) is 7.65. The minimum Gasteiger partial charge on any atom is -0.512 e. The van der Waals surface area contributed by atoms with Gasteiger partial charge in [0.2, 0.25) is 5.71 Å². The topological polar surface area (TPSA) is 76.5 Å². The molecule has 1 N–H and O–H groups in total. The van der Waals surface area contributed by atoms with Gasteiger partial charge in [0.1, 0.15) is 11.3 Å². The van der Waals surface area contributed by atoms with Crippen molar-refractivity contribution in [1.29, 1.82) is 0 Å². The van der Waals surface area contributed by atoms with E-state index in [4.69, 9.17) is 18.9 Å². The Hall–Kier alpha value is -3.99. The zero-order valence-electron chi connectivity index (χ0n) is 26.5. The fourth-order valence-electron chi connectivity index (χ4n) is 5.01. The van der Waals surface area contributed by atoms with Gasteiger partial charge in [0, 0.05) is 42.5 Å². The number of rotatable bonds is 3. The summed E-state index contributed by atoms with van der Waals surface area (Å²) in [6, 6.07) is 28.4. The molecule has 0 spiro atoms. The summed E-state index contributed by atoms with van der Waals surface area (Å²) in [5.74, 6) is 0.768. The number of aromatic nitrogens is 1. The molecule has 0 aliphatic carbocycles. The van der Waals surface area contributed by atoms with Gasteiger partial charge < -0.3 is 13.9 Å². The van der Waals surface area contributed by atoms with E-state index in [0.29, 0.717) is 5.71 Å². The fourth-order valence-corrected chi connectivity index (χ4v) is 5.01. The Kier molecular flexibility index (Phi) is 9.39. The summed E-state index contributed by atoms with van der Waals surface area (Å²) in [6.45, 7) is 16.3. The Morgan fingerprint density at radius 2 is 1.50 bits per heavy atom. The van der Waals surface area contributed by atoms with Crippen LogP contribution in [0.2, 0.25) is 0 Å². The number of nitrogens with zero attached hydrogens (tertiary/aromatic N) is 1. The maximum atomic E-state index is 10.0. The molecule has 6 aromatic rings. The van der Waals surface area contributed by atoms with Crippen molar-refractivity contribution in [3.63, 3.8) is 0 Å².